The molecule has 0 saturated carbocycles. The van der Waals surface area contributed by atoms with Crippen molar-refractivity contribution in [3.63, 3.8) is 0 Å². The number of halogens is 2. The van der Waals surface area contributed by atoms with Crippen LogP contribution in [0.5, 0.6) is 0 Å². The van der Waals surface area contributed by atoms with E-state index in [0.29, 0.717) is 21.0 Å². The van der Waals surface area contributed by atoms with Gasteiger partial charge in [0, 0.05) is 31.7 Å². The first kappa shape index (κ1) is 22.2. The summed E-state index contributed by atoms with van der Waals surface area (Å²) in [5, 5.41) is 1.93. The van der Waals surface area contributed by atoms with Gasteiger partial charge in [-0.25, -0.2) is 0 Å². The Labute approximate surface area is 193 Å². The molecule has 0 atom stereocenters. The zero-order valence-corrected chi connectivity index (χ0v) is 19.6. The Hall–Kier alpha value is -2.01. The van der Waals surface area contributed by atoms with Crippen LogP contribution in [0, 0.1) is 13.8 Å². The van der Waals surface area contributed by atoms with E-state index in [-0.39, 0.29) is 5.43 Å². The zero-order valence-electron chi connectivity index (χ0n) is 18.1. The van der Waals surface area contributed by atoms with E-state index in [4.69, 9.17) is 27.6 Å². The van der Waals surface area contributed by atoms with E-state index in [1.165, 1.54) is 0 Å². The Morgan fingerprint density at radius 3 is 2.52 bits per heavy atom. The molecule has 31 heavy (non-hydrogen) atoms. The van der Waals surface area contributed by atoms with E-state index in [0.717, 1.165) is 74.4 Å². The molecule has 2 aromatic carbocycles. The maximum Gasteiger partial charge on any atom is 0.195 e. The van der Waals surface area contributed by atoms with Crippen molar-refractivity contribution in [2.75, 3.05) is 37.6 Å². The lowest BCUT2D eigenvalue weighted by Crippen LogP contribution is -2.46. The molecule has 6 heteroatoms. The Morgan fingerprint density at radius 1 is 1.00 bits per heavy atom. The molecule has 2 heterocycles. The number of nitrogens with zero attached hydrogens (tertiary/aromatic N) is 2. The molecule has 164 valence electrons. The van der Waals surface area contributed by atoms with Crippen molar-refractivity contribution < 1.29 is 4.42 Å². The van der Waals surface area contributed by atoms with E-state index in [2.05, 4.69) is 9.80 Å². The number of benzene rings is 2. The number of fused-ring (bicyclic) bond motifs is 1. The summed E-state index contributed by atoms with van der Waals surface area (Å²) in [5.41, 5.74) is 4.83. The summed E-state index contributed by atoms with van der Waals surface area (Å²) in [7, 11) is 0. The molecule has 1 aliphatic rings. The third kappa shape index (κ3) is 4.92. The largest absolute Gasteiger partial charge is 0.464 e. The van der Waals surface area contributed by atoms with Gasteiger partial charge >= 0.3 is 0 Å². The molecular formula is C25H28Cl2N2O2. The van der Waals surface area contributed by atoms with Crippen molar-refractivity contribution in [3.05, 3.63) is 73.6 Å². The van der Waals surface area contributed by atoms with E-state index < -0.39 is 0 Å². The lowest BCUT2D eigenvalue weighted by molar-refractivity contribution is 0.253. The SMILES string of the molecule is Cc1cc2occ(CCCCN3CCN(c4cccc(Cl)c4Cl)CC3)c(=O)c2cc1C. The van der Waals surface area contributed by atoms with Gasteiger partial charge < -0.3 is 9.32 Å². The fraction of sp³-hybridized carbons (Fsp3) is 0.400. The second-order valence-corrected chi connectivity index (χ2v) is 9.17. The van der Waals surface area contributed by atoms with Crippen LogP contribution >= 0.6 is 23.2 Å². The molecule has 0 N–H and O–H groups in total. The van der Waals surface area contributed by atoms with Gasteiger partial charge in [0.05, 0.1) is 27.4 Å². The first-order valence-electron chi connectivity index (χ1n) is 10.9. The highest BCUT2D eigenvalue weighted by molar-refractivity contribution is 6.43. The third-order valence-corrected chi connectivity index (χ3v) is 7.08. The highest BCUT2D eigenvalue weighted by Crippen LogP contribution is 2.32. The number of unbranched alkanes of at least 4 members (excludes halogenated alkanes) is 1. The molecule has 4 rings (SSSR count). The summed E-state index contributed by atoms with van der Waals surface area (Å²) < 4.78 is 5.74. The lowest BCUT2D eigenvalue weighted by atomic mass is 10.0. The van der Waals surface area contributed by atoms with Crippen LogP contribution in [-0.2, 0) is 6.42 Å². The smallest absolute Gasteiger partial charge is 0.195 e. The topological polar surface area (TPSA) is 36.7 Å². The second-order valence-electron chi connectivity index (χ2n) is 8.38. The molecule has 0 bridgehead atoms. The van der Waals surface area contributed by atoms with Gasteiger partial charge in [0.15, 0.2) is 5.43 Å². The van der Waals surface area contributed by atoms with Crippen LogP contribution in [0.1, 0.15) is 29.5 Å². The van der Waals surface area contributed by atoms with Gasteiger partial charge in [0.2, 0.25) is 0 Å². The van der Waals surface area contributed by atoms with Crippen molar-refractivity contribution >= 4 is 39.9 Å². The minimum Gasteiger partial charge on any atom is -0.464 e. The van der Waals surface area contributed by atoms with Gasteiger partial charge in [-0.15, -0.1) is 0 Å². The fourth-order valence-electron chi connectivity index (χ4n) is 4.20. The van der Waals surface area contributed by atoms with E-state index >= 15 is 0 Å². The molecule has 0 amide bonds. The highest BCUT2D eigenvalue weighted by atomic mass is 35.5. The van der Waals surface area contributed by atoms with Gasteiger partial charge in [-0.1, -0.05) is 29.3 Å². The minimum atomic E-state index is 0.108. The lowest BCUT2D eigenvalue weighted by Gasteiger charge is -2.36. The molecule has 3 aromatic rings. The fourth-order valence-corrected chi connectivity index (χ4v) is 4.61. The highest BCUT2D eigenvalue weighted by Gasteiger charge is 2.19. The molecule has 0 spiro atoms. The summed E-state index contributed by atoms with van der Waals surface area (Å²) in [6.07, 6.45) is 4.43. The van der Waals surface area contributed by atoms with Gasteiger partial charge in [-0.05, 0) is 75.0 Å². The molecule has 1 fully saturated rings. The average Bonchev–Trinajstić information content (AvgIpc) is 2.76. The second kappa shape index (κ2) is 9.64. The summed E-state index contributed by atoms with van der Waals surface area (Å²) in [4.78, 5) is 17.6. The quantitative estimate of drug-likeness (QED) is 0.433. The Balaban J connectivity index is 1.27. The van der Waals surface area contributed by atoms with Crippen molar-refractivity contribution in [2.45, 2.75) is 33.1 Å². The minimum absolute atomic E-state index is 0.108. The van der Waals surface area contributed by atoms with Crippen LogP contribution in [0.4, 0.5) is 5.69 Å². The van der Waals surface area contributed by atoms with Gasteiger partial charge in [-0.2, -0.15) is 0 Å². The van der Waals surface area contributed by atoms with Gasteiger partial charge in [0.25, 0.3) is 0 Å². The Bertz CT molecular complexity index is 1130. The number of hydrogen-bond acceptors (Lipinski definition) is 4. The predicted octanol–water partition coefficient (Wildman–Crippen LogP) is 5.86. The van der Waals surface area contributed by atoms with Crippen LogP contribution in [-0.4, -0.2) is 37.6 Å². The van der Waals surface area contributed by atoms with Crippen molar-refractivity contribution in [2.24, 2.45) is 0 Å². The molecule has 1 aliphatic heterocycles. The molecule has 0 radical (unpaired) electrons. The molecule has 1 aromatic heterocycles. The molecule has 4 nitrogen and oxygen atoms in total. The summed E-state index contributed by atoms with van der Waals surface area (Å²) >= 11 is 12.5. The van der Waals surface area contributed by atoms with Gasteiger partial charge in [0.1, 0.15) is 5.58 Å². The average molecular weight is 459 g/mol. The Morgan fingerprint density at radius 2 is 1.74 bits per heavy atom. The first-order valence-corrected chi connectivity index (χ1v) is 11.6. The number of anilines is 1. The molecule has 0 aliphatic carbocycles. The number of piperazine rings is 1. The summed E-state index contributed by atoms with van der Waals surface area (Å²) in [5.74, 6) is 0. The molecule has 0 unspecified atom stereocenters. The third-order valence-electron chi connectivity index (χ3n) is 6.27. The van der Waals surface area contributed by atoms with Crippen LogP contribution in [0.25, 0.3) is 11.0 Å². The van der Waals surface area contributed by atoms with Crippen LogP contribution < -0.4 is 10.3 Å². The summed E-state index contributed by atoms with van der Waals surface area (Å²) in [6, 6.07) is 9.70. The van der Waals surface area contributed by atoms with Crippen molar-refractivity contribution in [1.82, 2.24) is 4.90 Å². The molecular weight excluding hydrogens is 431 g/mol. The van der Waals surface area contributed by atoms with Crippen LogP contribution in [0.2, 0.25) is 10.0 Å². The maximum atomic E-state index is 12.8. The number of hydrogen-bond donors (Lipinski definition) is 0. The zero-order chi connectivity index (χ0) is 22.0. The normalized spacial score (nSPS) is 15.0. The van der Waals surface area contributed by atoms with E-state index in [1.54, 1.807) is 6.26 Å². The van der Waals surface area contributed by atoms with E-state index in [1.807, 2.05) is 44.2 Å². The Kier molecular flexibility index (Phi) is 6.90. The number of aryl methyl sites for hydroxylation is 3. The summed E-state index contributed by atoms with van der Waals surface area (Å²) in [6.45, 7) is 8.97. The predicted molar refractivity (Wildman–Crippen MR) is 130 cm³/mol. The van der Waals surface area contributed by atoms with Crippen molar-refractivity contribution in [1.29, 1.82) is 0 Å². The number of rotatable bonds is 6. The maximum absolute atomic E-state index is 12.8. The van der Waals surface area contributed by atoms with Crippen LogP contribution in [0.3, 0.4) is 0 Å². The van der Waals surface area contributed by atoms with Crippen molar-refractivity contribution in [3.8, 4) is 0 Å². The van der Waals surface area contributed by atoms with Gasteiger partial charge in [-0.3, -0.25) is 9.69 Å². The standard InChI is InChI=1S/C25H28Cl2N2O2/c1-17-14-20-23(15-18(17)2)31-16-19(25(20)30)6-3-4-9-28-10-12-29(13-11-28)22-8-5-7-21(26)24(22)27/h5,7-8,14-16H,3-4,6,9-13H2,1-2H3. The first-order chi connectivity index (χ1) is 14.9. The van der Waals surface area contributed by atoms with Crippen LogP contribution in [0.15, 0.2) is 45.8 Å². The molecule has 1 saturated heterocycles. The van der Waals surface area contributed by atoms with E-state index in [9.17, 15) is 4.79 Å². The monoisotopic (exact) mass is 458 g/mol.